The molecule has 0 aliphatic heterocycles. The lowest BCUT2D eigenvalue weighted by molar-refractivity contribution is 0.398. The predicted molar refractivity (Wildman–Crippen MR) is 71.4 cm³/mol. The summed E-state index contributed by atoms with van der Waals surface area (Å²) in [7, 11) is 1.75. The van der Waals surface area contributed by atoms with E-state index in [4.69, 9.17) is 4.74 Å². The minimum atomic E-state index is 0.464. The molecule has 16 heavy (non-hydrogen) atoms. The zero-order valence-electron chi connectivity index (χ0n) is 10.6. The maximum atomic E-state index is 5.39. The molecule has 1 aromatic heterocycles. The third-order valence-corrected chi connectivity index (χ3v) is 3.75. The van der Waals surface area contributed by atoms with Crippen LogP contribution in [0.5, 0.6) is 5.75 Å². The first kappa shape index (κ1) is 13.5. The molecule has 1 atom stereocenters. The van der Waals surface area contributed by atoms with E-state index < -0.39 is 0 Å². The Balaban J connectivity index is 2.61. The van der Waals surface area contributed by atoms with Crippen molar-refractivity contribution < 1.29 is 4.74 Å². The summed E-state index contributed by atoms with van der Waals surface area (Å²) < 4.78 is 5.39. The van der Waals surface area contributed by atoms with Gasteiger partial charge in [0.25, 0.3) is 0 Å². The molecule has 2 nitrogen and oxygen atoms in total. The fraction of sp³-hybridized carbons (Fsp3) is 0.692. The lowest BCUT2D eigenvalue weighted by atomic mass is 10.1. The number of nitrogens with one attached hydrogen (secondary N) is 1. The highest BCUT2D eigenvalue weighted by atomic mass is 32.1. The van der Waals surface area contributed by atoms with Crippen LogP contribution in [0.15, 0.2) is 11.4 Å². The quantitative estimate of drug-likeness (QED) is 0.695. The Kier molecular flexibility index (Phi) is 6.50. The molecule has 0 aliphatic carbocycles. The first-order chi connectivity index (χ1) is 7.83. The van der Waals surface area contributed by atoms with Crippen molar-refractivity contribution in [3.63, 3.8) is 0 Å². The summed E-state index contributed by atoms with van der Waals surface area (Å²) in [5.41, 5.74) is 0. The zero-order valence-corrected chi connectivity index (χ0v) is 11.4. The van der Waals surface area contributed by atoms with E-state index in [1.54, 1.807) is 18.4 Å². The molecule has 92 valence electrons. The van der Waals surface area contributed by atoms with Gasteiger partial charge in [0.05, 0.1) is 12.0 Å². The van der Waals surface area contributed by atoms with E-state index in [-0.39, 0.29) is 0 Å². The van der Waals surface area contributed by atoms with Crippen LogP contribution >= 0.6 is 11.3 Å². The lowest BCUT2D eigenvalue weighted by Gasteiger charge is -2.17. The van der Waals surface area contributed by atoms with Crippen LogP contribution < -0.4 is 10.1 Å². The molecule has 1 N–H and O–H groups in total. The topological polar surface area (TPSA) is 21.3 Å². The van der Waals surface area contributed by atoms with E-state index in [1.807, 2.05) is 0 Å². The lowest BCUT2D eigenvalue weighted by Crippen LogP contribution is -2.20. The molecule has 0 aliphatic rings. The normalized spacial score (nSPS) is 12.7. The van der Waals surface area contributed by atoms with Gasteiger partial charge in [-0.25, -0.2) is 0 Å². The molecule has 1 rings (SSSR count). The van der Waals surface area contributed by atoms with Gasteiger partial charge in [0.15, 0.2) is 0 Å². The first-order valence-electron chi connectivity index (χ1n) is 6.18. The Labute approximate surface area is 103 Å². The highest BCUT2D eigenvalue weighted by Crippen LogP contribution is 2.33. The van der Waals surface area contributed by atoms with Crippen LogP contribution in [0, 0.1) is 0 Å². The summed E-state index contributed by atoms with van der Waals surface area (Å²) in [5.74, 6) is 1.03. The average molecular weight is 241 g/mol. The van der Waals surface area contributed by atoms with Crippen LogP contribution in [0.2, 0.25) is 0 Å². The number of unbranched alkanes of at least 4 members (excludes halogenated alkanes) is 2. The van der Waals surface area contributed by atoms with Crippen LogP contribution in [0.4, 0.5) is 0 Å². The van der Waals surface area contributed by atoms with Gasteiger partial charge in [-0.15, -0.1) is 11.3 Å². The minimum Gasteiger partial charge on any atom is -0.496 e. The van der Waals surface area contributed by atoms with Crippen LogP contribution in [-0.2, 0) is 0 Å². The van der Waals surface area contributed by atoms with Crippen LogP contribution in [0.25, 0.3) is 0 Å². The van der Waals surface area contributed by atoms with Crippen LogP contribution in [0.3, 0.4) is 0 Å². The summed E-state index contributed by atoms with van der Waals surface area (Å²) >= 11 is 1.79. The fourth-order valence-electron chi connectivity index (χ4n) is 1.90. The molecule has 0 aromatic carbocycles. The van der Waals surface area contributed by atoms with Crippen molar-refractivity contribution in [1.29, 1.82) is 0 Å². The van der Waals surface area contributed by atoms with E-state index in [2.05, 4.69) is 30.6 Å². The maximum absolute atomic E-state index is 5.39. The molecule has 1 heterocycles. The molecule has 0 amide bonds. The maximum Gasteiger partial charge on any atom is 0.134 e. The molecule has 1 aromatic rings. The van der Waals surface area contributed by atoms with E-state index in [9.17, 15) is 0 Å². The Morgan fingerprint density at radius 1 is 1.38 bits per heavy atom. The largest absolute Gasteiger partial charge is 0.496 e. The molecule has 3 heteroatoms. The first-order valence-corrected chi connectivity index (χ1v) is 7.06. The number of hydrogen-bond donors (Lipinski definition) is 1. The van der Waals surface area contributed by atoms with Gasteiger partial charge in [0, 0.05) is 6.04 Å². The van der Waals surface area contributed by atoms with Crippen molar-refractivity contribution in [2.24, 2.45) is 0 Å². The third-order valence-electron chi connectivity index (χ3n) is 2.74. The van der Waals surface area contributed by atoms with Gasteiger partial charge in [0.1, 0.15) is 5.75 Å². The summed E-state index contributed by atoms with van der Waals surface area (Å²) in [6, 6.07) is 2.52. The Bertz CT molecular complexity index is 285. The van der Waals surface area contributed by atoms with Gasteiger partial charge in [-0.1, -0.05) is 33.1 Å². The van der Waals surface area contributed by atoms with Gasteiger partial charge < -0.3 is 10.1 Å². The van der Waals surface area contributed by atoms with Crippen molar-refractivity contribution >= 4 is 11.3 Å². The van der Waals surface area contributed by atoms with Crippen molar-refractivity contribution in [2.75, 3.05) is 13.7 Å². The van der Waals surface area contributed by atoms with Crippen molar-refractivity contribution in [3.05, 3.63) is 16.3 Å². The average Bonchev–Trinajstić information content (AvgIpc) is 2.76. The summed E-state index contributed by atoms with van der Waals surface area (Å²) in [6.45, 7) is 5.42. The zero-order chi connectivity index (χ0) is 11.8. The van der Waals surface area contributed by atoms with Crippen LogP contribution in [0.1, 0.15) is 50.4 Å². The SMILES string of the molecule is CCCCCC(NCC)c1sccc1OC. The second-order valence-corrected chi connectivity index (χ2v) is 4.91. The summed E-state index contributed by atoms with van der Waals surface area (Å²) in [4.78, 5) is 1.35. The van der Waals surface area contributed by atoms with Gasteiger partial charge in [-0.2, -0.15) is 0 Å². The predicted octanol–water partition coefficient (Wildman–Crippen LogP) is 3.99. The molecular formula is C13H23NOS. The standard InChI is InChI=1S/C13H23NOS/c1-4-6-7-8-11(14-5-2)13-12(15-3)9-10-16-13/h9-11,14H,4-8H2,1-3H3. The number of rotatable bonds is 8. The number of hydrogen-bond acceptors (Lipinski definition) is 3. The second kappa shape index (κ2) is 7.69. The smallest absolute Gasteiger partial charge is 0.134 e. The van der Waals surface area contributed by atoms with Crippen molar-refractivity contribution in [1.82, 2.24) is 5.32 Å². The molecular weight excluding hydrogens is 218 g/mol. The number of ether oxygens (including phenoxy) is 1. The number of thiophene rings is 1. The van der Waals surface area contributed by atoms with E-state index in [1.165, 1.54) is 30.6 Å². The summed E-state index contributed by atoms with van der Waals surface area (Å²) in [6.07, 6.45) is 5.09. The minimum absolute atomic E-state index is 0.464. The highest BCUT2D eigenvalue weighted by Gasteiger charge is 2.15. The van der Waals surface area contributed by atoms with Gasteiger partial charge in [-0.3, -0.25) is 0 Å². The fourth-order valence-corrected chi connectivity index (χ4v) is 2.87. The molecule has 0 bridgehead atoms. The third kappa shape index (κ3) is 3.80. The van der Waals surface area contributed by atoms with Gasteiger partial charge in [0.2, 0.25) is 0 Å². The van der Waals surface area contributed by atoms with Crippen LogP contribution in [-0.4, -0.2) is 13.7 Å². The molecule has 1 unspecified atom stereocenters. The molecule has 0 saturated carbocycles. The van der Waals surface area contributed by atoms with Crippen molar-refractivity contribution in [3.8, 4) is 5.75 Å². The van der Waals surface area contributed by atoms with Crippen molar-refractivity contribution in [2.45, 2.75) is 45.6 Å². The van der Waals surface area contributed by atoms with Gasteiger partial charge in [-0.05, 0) is 24.4 Å². The van der Waals surface area contributed by atoms with E-state index in [0.717, 1.165) is 12.3 Å². The molecule has 0 fully saturated rings. The van der Waals surface area contributed by atoms with E-state index in [0.29, 0.717) is 6.04 Å². The summed E-state index contributed by atoms with van der Waals surface area (Å²) in [5, 5.41) is 5.66. The second-order valence-electron chi connectivity index (χ2n) is 3.96. The Morgan fingerprint density at radius 2 is 2.19 bits per heavy atom. The molecule has 0 radical (unpaired) electrons. The van der Waals surface area contributed by atoms with Gasteiger partial charge >= 0.3 is 0 Å². The monoisotopic (exact) mass is 241 g/mol. The van der Waals surface area contributed by atoms with E-state index >= 15 is 0 Å². The highest BCUT2D eigenvalue weighted by molar-refractivity contribution is 7.10. The number of methoxy groups -OCH3 is 1. The Morgan fingerprint density at radius 3 is 2.81 bits per heavy atom. The Hall–Kier alpha value is -0.540. The molecule has 0 saturated heterocycles. The molecule has 0 spiro atoms.